The second-order valence-electron chi connectivity index (χ2n) is 5.68. The van der Waals surface area contributed by atoms with Crippen molar-refractivity contribution in [3.05, 3.63) is 28.3 Å². The van der Waals surface area contributed by atoms with Crippen molar-refractivity contribution in [2.24, 2.45) is 0 Å². The van der Waals surface area contributed by atoms with Gasteiger partial charge in [0.25, 0.3) is 11.7 Å². The molecule has 1 amide bonds. The van der Waals surface area contributed by atoms with Gasteiger partial charge in [0.2, 0.25) is 0 Å². The van der Waals surface area contributed by atoms with Crippen molar-refractivity contribution in [1.82, 2.24) is 4.90 Å². The average Bonchev–Trinajstić information content (AvgIpc) is 3.13. The fourth-order valence-electron chi connectivity index (χ4n) is 3.07. The number of carbonyl (C=O) groups excluding carboxylic acids is 3. The second kappa shape index (κ2) is 6.29. The fraction of sp³-hybridized carbons (Fsp3) is 0.438. The number of amides is 1. The first kappa shape index (κ1) is 16.0. The molecule has 0 saturated carbocycles. The van der Waals surface area contributed by atoms with E-state index in [1.165, 1.54) is 24.1 Å². The Morgan fingerprint density at radius 1 is 1.22 bits per heavy atom. The Balaban J connectivity index is 1.91. The number of rotatable bonds is 4. The van der Waals surface area contributed by atoms with Gasteiger partial charge in [-0.3, -0.25) is 9.59 Å². The number of Topliss-reactive ketones (excluding diaryl/α,β-unsaturated/α-hetero) is 1. The van der Waals surface area contributed by atoms with Crippen LogP contribution < -0.4 is 4.90 Å². The summed E-state index contributed by atoms with van der Waals surface area (Å²) in [5, 5.41) is 0.102. The molecule has 6 nitrogen and oxygen atoms in total. The van der Waals surface area contributed by atoms with Gasteiger partial charge in [0.1, 0.15) is 0 Å². The molecule has 0 N–H and O–H groups in total. The first-order valence-corrected chi connectivity index (χ1v) is 7.91. The van der Waals surface area contributed by atoms with Crippen LogP contribution in [0.1, 0.15) is 33.6 Å². The Labute approximate surface area is 138 Å². The molecule has 0 aromatic heterocycles. The number of benzene rings is 1. The maximum Gasteiger partial charge on any atom is 0.337 e. The van der Waals surface area contributed by atoms with E-state index in [0.29, 0.717) is 18.8 Å². The zero-order chi connectivity index (χ0) is 16.6. The monoisotopic (exact) mass is 336 g/mol. The quantitative estimate of drug-likeness (QED) is 0.619. The molecule has 2 aliphatic heterocycles. The normalized spacial score (nSPS) is 17.7. The van der Waals surface area contributed by atoms with Gasteiger partial charge >= 0.3 is 5.97 Å². The lowest BCUT2D eigenvalue weighted by atomic mass is 10.1. The highest BCUT2D eigenvalue weighted by atomic mass is 35.5. The summed E-state index contributed by atoms with van der Waals surface area (Å²) in [5.41, 5.74) is 0.794. The van der Waals surface area contributed by atoms with Gasteiger partial charge in [0.15, 0.2) is 0 Å². The van der Waals surface area contributed by atoms with E-state index in [1.54, 1.807) is 0 Å². The van der Waals surface area contributed by atoms with Crippen LogP contribution in [0.25, 0.3) is 0 Å². The van der Waals surface area contributed by atoms with E-state index in [4.69, 9.17) is 11.6 Å². The number of ketones is 1. The topological polar surface area (TPSA) is 66.9 Å². The molecule has 1 fully saturated rings. The number of esters is 1. The Hall–Kier alpha value is -1.92. The van der Waals surface area contributed by atoms with Crippen LogP contribution >= 0.6 is 11.6 Å². The van der Waals surface area contributed by atoms with Gasteiger partial charge in [-0.2, -0.15) is 0 Å². The van der Waals surface area contributed by atoms with Gasteiger partial charge in [-0.15, -0.1) is 0 Å². The van der Waals surface area contributed by atoms with Crippen LogP contribution in [0.3, 0.4) is 0 Å². The maximum absolute atomic E-state index is 12.3. The van der Waals surface area contributed by atoms with E-state index >= 15 is 0 Å². The summed E-state index contributed by atoms with van der Waals surface area (Å²) in [6, 6.07) is 2.86. The Kier molecular flexibility index (Phi) is 4.37. The minimum Gasteiger partial charge on any atom is -0.465 e. The number of methoxy groups -OCH3 is 1. The van der Waals surface area contributed by atoms with E-state index in [1.807, 2.05) is 0 Å². The molecular formula is C16H17ClN2O4. The van der Waals surface area contributed by atoms with Crippen LogP contribution in [-0.2, 0) is 9.53 Å². The van der Waals surface area contributed by atoms with Gasteiger partial charge < -0.3 is 14.5 Å². The minimum absolute atomic E-state index is 0.102. The third-order valence-electron chi connectivity index (χ3n) is 4.29. The van der Waals surface area contributed by atoms with Crippen molar-refractivity contribution in [2.45, 2.75) is 12.8 Å². The zero-order valence-electron chi connectivity index (χ0n) is 12.8. The number of carbonyl (C=O) groups is 3. The third kappa shape index (κ3) is 2.84. The molecular weight excluding hydrogens is 320 g/mol. The Morgan fingerprint density at radius 2 is 1.91 bits per heavy atom. The summed E-state index contributed by atoms with van der Waals surface area (Å²) in [6.07, 6.45) is 2.31. The molecule has 2 heterocycles. The maximum atomic E-state index is 12.3. The molecule has 0 aliphatic carbocycles. The van der Waals surface area contributed by atoms with Crippen molar-refractivity contribution < 1.29 is 19.1 Å². The van der Waals surface area contributed by atoms with Crippen molar-refractivity contribution >= 4 is 34.9 Å². The fourth-order valence-corrected chi connectivity index (χ4v) is 3.37. The zero-order valence-corrected chi connectivity index (χ0v) is 13.6. The lowest BCUT2D eigenvalue weighted by Crippen LogP contribution is -2.37. The largest absolute Gasteiger partial charge is 0.465 e. The summed E-state index contributed by atoms with van der Waals surface area (Å²) >= 11 is 6.11. The number of hydrogen-bond acceptors (Lipinski definition) is 5. The Morgan fingerprint density at radius 3 is 2.57 bits per heavy atom. The van der Waals surface area contributed by atoms with Crippen molar-refractivity contribution in [3.8, 4) is 0 Å². The molecule has 0 unspecified atom stereocenters. The van der Waals surface area contributed by atoms with Gasteiger partial charge in [-0.1, -0.05) is 11.6 Å². The number of hydrogen-bond donors (Lipinski definition) is 0. The van der Waals surface area contributed by atoms with Crippen LogP contribution in [0.15, 0.2) is 12.1 Å². The molecule has 3 rings (SSSR count). The van der Waals surface area contributed by atoms with E-state index in [-0.39, 0.29) is 16.1 Å². The van der Waals surface area contributed by atoms with E-state index in [9.17, 15) is 14.4 Å². The molecule has 1 aromatic rings. The van der Waals surface area contributed by atoms with Gasteiger partial charge in [-0.05, 0) is 38.1 Å². The van der Waals surface area contributed by atoms with Crippen molar-refractivity contribution in [1.29, 1.82) is 0 Å². The first-order chi connectivity index (χ1) is 11.0. The number of halogens is 1. The van der Waals surface area contributed by atoms with Crippen LogP contribution in [-0.4, -0.2) is 55.8 Å². The van der Waals surface area contributed by atoms with Gasteiger partial charge in [-0.25, -0.2) is 4.79 Å². The minimum atomic E-state index is -0.622. The van der Waals surface area contributed by atoms with E-state index in [0.717, 1.165) is 25.9 Å². The van der Waals surface area contributed by atoms with E-state index < -0.39 is 17.7 Å². The van der Waals surface area contributed by atoms with Gasteiger partial charge in [0, 0.05) is 13.1 Å². The number of nitrogens with zero attached hydrogens (tertiary/aromatic N) is 2. The molecule has 0 spiro atoms. The summed E-state index contributed by atoms with van der Waals surface area (Å²) < 4.78 is 4.69. The summed E-state index contributed by atoms with van der Waals surface area (Å²) in [6.45, 7) is 3.11. The van der Waals surface area contributed by atoms with Crippen LogP contribution in [0, 0.1) is 0 Å². The highest BCUT2D eigenvalue weighted by Gasteiger charge is 2.38. The highest BCUT2D eigenvalue weighted by Crippen LogP contribution is 2.35. The lowest BCUT2D eigenvalue weighted by Gasteiger charge is -2.21. The third-order valence-corrected chi connectivity index (χ3v) is 4.58. The van der Waals surface area contributed by atoms with Crippen LogP contribution in [0.2, 0.25) is 5.02 Å². The average molecular weight is 337 g/mol. The van der Waals surface area contributed by atoms with Gasteiger partial charge in [0.05, 0.1) is 28.9 Å². The number of ether oxygens (including phenoxy) is 1. The predicted octanol–water partition coefficient (Wildman–Crippen LogP) is 1.75. The van der Waals surface area contributed by atoms with Crippen LogP contribution in [0.5, 0.6) is 0 Å². The Bertz CT molecular complexity index is 683. The molecule has 2 aliphatic rings. The smallest absolute Gasteiger partial charge is 0.337 e. The molecule has 0 radical (unpaired) electrons. The number of likely N-dealkylation sites (tertiary alicyclic amines) is 1. The second-order valence-corrected chi connectivity index (χ2v) is 6.09. The summed E-state index contributed by atoms with van der Waals surface area (Å²) in [4.78, 5) is 39.8. The predicted molar refractivity (Wildman–Crippen MR) is 85.1 cm³/mol. The number of anilines is 1. The molecule has 7 heteroatoms. The van der Waals surface area contributed by atoms with E-state index in [2.05, 4.69) is 9.64 Å². The standard InChI is InChI=1S/C16H17ClN2O4/c1-23-16(22)10-8-11(17)13-12(9-10)19(15(21)14(13)20)7-6-18-4-2-3-5-18/h8-9H,2-7H2,1H3. The van der Waals surface area contributed by atoms with Crippen molar-refractivity contribution in [3.63, 3.8) is 0 Å². The molecule has 122 valence electrons. The highest BCUT2D eigenvalue weighted by molar-refractivity contribution is 6.55. The van der Waals surface area contributed by atoms with Crippen molar-refractivity contribution in [2.75, 3.05) is 38.2 Å². The van der Waals surface area contributed by atoms with Crippen LogP contribution in [0.4, 0.5) is 5.69 Å². The molecule has 0 bridgehead atoms. The molecule has 0 atom stereocenters. The summed E-state index contributed by atoms with van der Waals surface area (Å²) in [7, 11) is 1.27. The summed E-state index contributed by atoms with van der Waals surface area (Å²) in [5.74, 6) is -1.77. The molecule has 23 heavy (non-hydrogen) atoms. The lowest BCUT2D eigenvalue weighted by molar-refractivity contribution is -0.114. The number of fused-ring (bicyclic) bond motifs is 1. The molecule has 1 saturated heterocycles. The SMILES string of the molecule is COC(=O)c1cc(Cl)c2c(c1)N(CCN1CCCC1)C(=O)C2=O. The first-order valence-electron chi connectivity index (χ1n) is 7.53. The molecule has 1 aromatic carbocycles.